The van der Waals surface area contributed by atoms with Gasteiger partial charge in [0.15, 0.2) is 0 Å². The molecule has 0 aliphatic carbocycles. The minimum absolute atomic E-state index is 0.0673. The van der Waals surface area contributed by atoms with E-state index in [0.29, 0.717) is 26.1 Å². The van der Waals surface area contributed by atoms with Crippen molar-refractivity contribution in [3.63, 3.8) is 0 Å². The highest BCUT2D eigenvalue weighted by molar-refractivity contribution is 5.79. The molecule has 22 heavy (non-hydrogen) atoms. The van der Waals surface area contributed by atoms with Gasteiger partial charge in [-0.1, -0.05) is 0 Å². The lowest BCUT2D eigenvalue weighted by atomic mass is 10.1. The summed E-state index contributed by atoms with van der Waals surface area (Å²) in [5, 5.41) is 9.23. The molecule has 0 aromatic rings. The molecule has 2 rings (SSSR count). The summed E-state index contributed by atoms with van der Waals surface area (Å²) in [4.78, 5) is 27.9. The van der Waals surface area contributed by atoms with Crippen LogP contribution in [0.3, 0.4) is 0 Å². The summed E-state index contributed by atoms with van der Waals surface area (Å²) in [5.41, 5.74) is -0.484. The Bertz CT molecular complexity index is 419. The lowest BCUT2D eigenvalue weighted by Crippen LogP contribution is -2.39. The Balaban J connectivity index is 1.90. The number of carbonyl (C=O) groups excluding carboxylic acids is 2. The summed E-state index contributed by atoms with van der Waals surface area (Å²) >= 11 is 0. The minimum Gasteiger partial charge on any atom is -0.444 e. The molecule has 2 heterocycles. The van der Waals surface area contributed by atoms with Gasteiger partial charge in [0.2, 0.25) is 5.91 Å². The van der Waals surface area contributed by atoms with Crippen LogP contribution >= 0.6 is 0 Å². The molecule has 0 radical (unpaired) electrons. The summed E-state index contributed by atoms with van der Waals surface area (Å²) in [6, 6.07) is 0.177. The van der Waals surface area contributed by atoms with E-state index in [0.717, 1.165) is 19.3 Å². The summed E-state index contributed by atoms with van der Waals surface area (Å²) in [6.45, 7) is 7.60. The van der Waals surface area contributed by atoms with Crippen LogP contribution in [0, 0.1) is 5.92 Å². The van der Waals surface area contributed by atoms with Crippen LogP contribution in [0.5, 0.6) is 0 Å². The number of amides is 2. The molecule has 2 atom stereocenters. The average Bonchev–Trinajstić information content (AvgIpc) is 2.64. The molecule has 6 nitrogen and oxygen atoms in total. The zero-order valence-electron chi connectivity index (χ0n) is 13.9. The number of aliphatic hydroxyl groups excluding tert-OH is 1. The van der Waals surface area contributed by atoms with E-state index >= 15 is 0 Å². The fourth-order valence-electron chi connectivity index (χ4n) is 3.18. The largest absolute Gasteiger partial charge is 0.444 e. The Morgan fingerprint density at radius 2 is 2.05 bits per heavy atom. The van der Waals surface area contributed by atoms with Gasteiger partial charge in [0.1, 0.15) is 5.60 Å². The third-order valence-electron chi connectivity index (χ3n) is 4.29. The zero-order chi connectivity index (χ0) is 16.3. The first kappa shape index (κ1) is 17.1. The van der Waals surface area contributed by atoms with Crippen molar-refractivity contribution in [2.45, 2.75) is 58.1 Å². The van der Waals surface area contributed by atoms with Crippen LogP contribution in [0.1, 0.15) is 46.5 Å². The van der Waals surface area contributed by atoms with Crippen LogP contribution in [0.25, 0.3) is 0 Å². The predicted octanol–water partition coefficient (Wildman–Crippen LogP) is 1.62. The Morgan fingerprint density at radius 1 is 1.32 bits per heavy atom. The highest BCUT2D eigenvalue weighted by Crippen LogP contribution is 2.25. The minimum atomic E-state index is -0.484. The predicted molar refractivity (Wildman–Crippen MR) is 82.4 cm³/mol. The first-order chi connectivity index (χ1) is 10.3. The van der Waals surface area contributed by atoms with E-state index in [1.807, 2.05) is 25.7 Å². The summed E-state index contributed by atoms with van der Waals surface area (Å²) in [6.07, 6.45) is 2.74. The molecule has 0 spiro atoms. The van der Waals surface area contributed by atoms with Gasteiger partial charge >= 0.3 is 6.09 Å². The number of aliphatic hydroxyl groups is 1. The molecule has 2 amide bonds. The zero-order valence-corrected chi connectivity index (χ0v) is 13.9. The van der Waals surface area contributed by atoms with Crippen molar-refractivity contribution < 1.29 is 19.4 Å². The van der Waals surface area contributed by atoms with Crippen molar-refractivity contribution in [1.82, 2.24) is 9.80 Å². The van der Waals surface area contributed by atoms with E-state index in [-0.39, 0.29) is 30.6 Å². The van der Waals surface area contributed by atoms with Crippen LogP contribution in [-0.2, 0) is 9.53 Å². The van der Waals surface area contributed by atoms with Gasteiger partial charge in [0.25, 0.3) is 0 Å². The standard InChI is InChI=1S/C16H28N2O4/c1-16(2,3)22-15(21)17-7-4-5-13(6-8-17)18-10-12(11-19)9-14(18)20/h12-13,19H,4-11H2,1-3H3. The van der Waals surface area contributed by atoms with Gasteiger partial charge in [-0.15, -0.1) is 0 Å². The molecule has 2 unspecified atom stereocenters. The second-order valence-corrected chi connectivity index (χ2v) is 7.35. The van der Waals surface area contributed by atoms with Gasteiger partial charge in [-0.3, -0.25) is 4.79 Å². The maximum Gasteiger partial charge on any atom is 0.410 e. The van der Waals surface area contributed by atoms with Gasteiger partial charge in [-0.25, -0.2) is 4.79 Å². The molecule has 1 N–H and O–H groups in total. The molecule has 0 aromatic heterocycles. The number of nitrogens with zero attached hydrogens (tertiary/aromatic N) is 2. The number of hydrogen-bond acceptors (Lipinski definition) is 4. The molecule has 0 saturated carbocycles. The molecule has 2 saturated heterocycles. The number of ether oxygens (including phenoxy) is 1. The van der Waals surface area contributed by atoms with Crippen molar-refractivity contribution in [2.24, 2.45) is 5.92 Å². The molecule has 0 aromatic carbocycles. The SMILES string of the molecule is CC(C)(C)OC(=O)N1CCCC(N2CC(CO)CC2=O)CC1. The van der Waals surface area contributed by atoms with E-state index in [1.165, 1.54) is 0 Å². The lowest BCUT2D eigenvalue weighted by Gasteiger charge is -2.28. The third kappa shape index (κ3) is 4.35. The maximum atomic E-state index is 12.1. The van der Waals surface area contributed by atoms with Crippen molar-refractivity contribution in [1.29, 1.82) is 0 Å². The summed E-state index contributed by atoms with van der Waals surface area (Å²) in [7, 11) is 0. The van der Waals surface area contributed by atoms with Crippen molar-refractivity contribution >= 4 is 12.0 Å². The fourth-order valence-corrected chi connectivity index (χ4v) is 3.18. The van der Waals surface area contributed by atoms with Gasteiger partial charge in [-0.05, 0) is 40.0 Å². The monoisotopic (exact) mass is 312 g/mol. The molecule has 2 fully saturated rings. The van der Waals surface area contributed by atoms with Crippen molar-refractivity contribution in [3.8, 4) is 0 Å². The average molecular weight is 312 g/mol. The normalized spacial score (nSPS) is 27.0. The lowest BCUT2D eigenvalue weighted by molar-refractivity contribution is -0.129. The Labute approximate surface area is 132 Å². The van der Waals surface area contributed by atoms with E-state index in [2.05, 4.69) is 0 Å². The molecule has 126 valence electrons. The fraction of sp³-hybridized carbons (Fsp3) is 0.875. The quantitative estimate of drug-likeness (QED) is 0.841. The number of carbonyl (C=O) groups is 2. The van der Waals surface area contributed by atoms with Crippen LogP contribution < -0.4 is 0 Å². The van der Waals surface area contributed by atoms with Crippen LogP contribution in [0.2, 0.25) is 0 Å². The smallest absolute Gasteiger partial charge is 0.410 e. The van der Waals surface area contributed by atoms with Gasteiger partial charge in [0.05, 0.1) is 0 Å². The molecule has 0 bridgehead atoms. The van der Waals surface area contributed by atoms with E-state index in [9.17, 15) is 14.7 Å². The van der Waals surface area contributed by atoms with Crippen LogP contribution in [0.4, 0.5) is 4.79 Å². The molecular weight excluding hydrogens is 284 g/mol. The first-order valence-corrected chi connectivity index (χ1v) is 8.18. The first-order valence-electron chi connectivity index (χ1n) is 8.18. The second-order valence-electron chi connectivity index (χ2n) is 7.35. The van der Waals surface area contributed by atoms with E-state index in [1.54, 1.807) is 4.90 Å². The van der Waals surface area contributed by atoms with Crippen LogP contribution in [-0.4, -0.2) is 64.8 Å². The molecule has 6 heteroatoms. The Kier molecular flexibility index (Phi) is 5.32. The highest BCUT2D eigenvalue weighted by atomic mass is 16.6. The second kappa shape index (κ2) is 6.86. The summed E-state index contributed by atoms with van der Waals surface area (Å²) < 4.78 is 5.42. The van der Waals surface area contributed by atoms with Gasteiger partial charge in [-0.2, -0.15) is 0 Å². The van der Waals surface area contributed by atoms with Crippen molar-refractivity contribution in [2.75, 3.05) is 26.2 Å². The van der Waals surface area contributed by atoms with Gasteiger partial charge in [0, 0.05) is 44.6 Å². The summed E-state index contributed by atoms with van der Waals surface area (Å²) in [5.74, 6) is 0.201. The maximum absolute atomic E-state index is 12.1. The molecule has 2 aliphatic heterocycles. The number of likely N-dealkylation sites (tertiary alicyclic amines) is 2. The molecular formula is C16H28N2O4. The van der Waals surface area contributed by atoms with Gasteiger partial charge < -0.3 is 19.6 Å². The number of hydrogen-bond donors (Lipinski definition) is 1. The third-order valence-corrected chi connectivity index (χ3v) is 4.29. The molecule has 2 aliphatic rings. The van der Waals surface area contributed by atoms with Crippen molar-refractivity contribution in [3.05, 3.63) is 0 Å². The highest BCUT2D eigenvalue weighted by Gasteiger charge is 2.35. The van der Waals surface area contributed by atoms with E-state index in [4.69, 9.17) is 4.74 Å². The van der Waals surface area contributed by atoms with E-state index < -0.39 is 5.60 Å². The Morgan fingerprint density at radius 3 is 2.64 bits per heavy atom. The number of rotatable bonds is 2. The topological polar surface area (TPSA) is 70.1 Å². The van der Waals surface area contributed by atoms with Crippen LogP contribution in [0.15, 0.2) is 0 Å². The Hall–Kier alpha value is -1.30.